The first-order chi connectivity index (χ1) is 9.75. The molecule has 0 bridgehead atoms. The second kappa shape index (κ2) is 6.02. The van der Waals surface area contributed by atoms with E-state index in [4.69, 9.17) is 11.6 Å². The predicted octanol–water partition coefficient (Wildman–Crippen LogP) is 5.29. The zero-order chi connectivity index (χ0) is 15.6. The lowest BCUT2D eigenvalue weighted by atomic mass is 9.96. The summed E-state index contributed by atoms with van der Waals surface area (Å²) in [6, 6.07) is 10.1. The molecule has 0 aliphatic heterocycles. The van der Waals surface area contributed by atoms with E-state index in [9.17, 15) is 0 Å². The quantitative estimate of drug-likeness (QED) is 0.782. The predicted molar refractivity (Wildman–Crippen MR) is 89.6 cm³/mol. The van der Waals surface area contributed by atoms with Gasteiger partial charge in [-0.2, -0.15) is 0 Å². The van der Waals surface area contributed by atoms with Gasteiger partial charge < -0.3 is 5.32 Å². The SMILES string of the molecule is CC(C)c1cccc(Nc2cc(Cl)nc(C(C)(C)C)n2)c1. The van der Waals surface area contributed by atoms with Crippen LogP contribution in [0.5, 0.6) is 0 Å². The first-order valence-corrected chi connectivity index (χ1v) is 7.55. The molecule has 0 spiro atoms. The van der Waals surface area contributed by atoms with Gasteiger partial charge in [0.05, 0.1) is 0 Å². The molecule has 0 radical (unpaired) electrons. The number of benzene rings is 1. The van der Waals surface area contributed by atoms with Crippen molar-refractivity contribution in [3.05, 3.63) is 46.9 Å². The van der Waals surface area contributed by atoms with Crippen LogP contribution in [0.4, 0.5) is 11.5 Å². The van der Waals surface area contributed by atoms with Crippen molar-refractivity contribution in [3.63, 3.8) is 0 Å². The Morgan fingerprint density at radius 2 is 1.81 bits per heavy atom. The van der Waals surface area contributed by atoms with Gasteiger partial charge in [0.2, 0.25) is 0 Å². The van der Waals surface area contributed by atoms with Crippen molar-refractivity contribution < 1.29 is 0 Å². The van der Waals surface area contributed by atoms with Gasteiger partial charge >= 0.3 is 0 Å². The topological polar surface area (TPSA) is 37.8 Å². The van der Waals surface area contributed by atoms with Crippen LogP contribution in [-0.2, 0) is 5.41 Å². The Morgan fingerprint density at radius 3 is 2.43 bits per heavy atom. The summed E-state index contributed by atoms with van der Waals surface area (Å²) in [5, 5.41) is 3.77. The van der Waals surface area contributed by atoms with E-state index in [0.717, 1.165) is 17.3 Å². The Morgan fingerprint density at radius 1 is 1.10 bits per heavy atom. The van der Waals surface area contributed by atoms with Crippen molar-refractivity contribution in [2.75, 3.05) is 5.32 Å². The van der Waals surface area contributed by atoms with E-state index in [1.165, 1.54) is 5.56 Å². The molecule has 2 aromatic rings. The molecular formula is C17H22ClN3. The van der Waals surface area contributed by atoms with Crippen LogP contribution in [0, 0.1) is 0 Å². The molecule has 0 aliphatic rings. The fourth-order valence-electron chi connectivity index (χ4n) is 1.94. The van der Waals surface area contributed by atoms with E-state index >= 15 is 0 Å². The van der Waals surface area contributed by atoms with Gasteiger partial charge in [-0.25, -0.2) is 9.97 Å². The van der Waals surface area contributed by atoms with Gasteiger partial charge in [0.1, 0.15) is 16.8 Å². The zero-order valence-electron chi connectivity index (χ0n) is 13.2. The third-order valence-electron chi connectivity index (χ3n) is 3.19. The molecule has 0 amide bonds. The van der Waals surface area contributed by atoms with Gasteiger partial charge in [-0.1, -0.05) is 58.4 Å². The number of rotatable bonds is 3. The first-order valence-electron chi connectivity index (χ1n) is 7.18. The minimum absolute atomic E-state index is 0.138. The average molecular weight is 304 g/mol. The lowest BCUT2D eigenvalue weighted by molar-refractivity contribution is 0.546. The van der Waals surface area contributed by atoms with Crippen LogP contribution in [-0.4, -0.2) is 9.97 Å². The molecule has 0 aliphatic carbocycles. The maximum atomic E-state index is 6.11. The van der Waals surface area contributed by atoms with E-state index in [-0.39, 0.29) is 5.41 Å². The van der Waals surface area contributed by atoms with Crippen molar-refractivity contribution in [2.45, 2.75) is 46.0 Å². The molecule has 4 heteroatoms. The standard InChI is InChI=1S/C17H22ClN3/c1-11(2)12-7-6-8-13(9-12)19-15-10-14(18)20-16(21-15)17(3,4)5/h6-11H,1-5H3,(H,19,20,21). The van der Waals surface area contributed by atoms with Gasteiger partial charge in [0, 0.05) is 17.2 Å². The molecule has 3 nitrogen and oxygen atoms in total. The molecule has 1 aromatic heterocycles. The molecule has 0 fully saturated rings. The largest absolute Gasteiger partial charge is 0.340 e. The van der Waals surface area contributed by atoms with Crippen LogP contribution < -0.4 is 5.32 Å². The average Bonchev–Trinajstić information content (AvgIpc) is 2.37. The van der Waals surface area contributed by atoms with Gasteiger partial charge in [-0.3, -0.25) is 0 Å². The summed E-state index contributed by atoms with van der Waals surface area (Å²) in [6.45, 7) is 10.6. The number of anilines is 2. The van der Waals surface area contributed by atoms with Crippen LogP contribution in [0.15, 0.2) is 30.3 Å². The Kier molecular flexibility index (Phi) is 4.52. The van der Waals surface area contributed by atoms with Crippen molar-refractivity contribution in [3.8, 4) is 0 Å². The van der Waals surface area contributed by atoms with Crippen molar-refractivity contribution >= 4 is 23.1 Å². The summed E-state index contributed by atoms with van der Waals surface area (Å²) in [5.41, 5.74) is 2.16. The fraction of sp³-hybridized carbons (Fsp3) is 0.412. The van der Waals surface area contributed by atoms with Gasteiger partial charge in [0.25, 0.3) is 0 Å². The third kappa shape index (κ3) is 4.18. The Labute approximate surface area is 131 Å². The van der Waals surface area contributed by atoms with Gasteiger partial charge in [0.15, 0.2) is 0 Å². The van der Waals surface area contributed by atoms with Gasteiger partial charge in [-0.05, 0) is 23.6 Å². The van der Waals surface area contributed by atoms with Crippen molar-refractivity contribution in [1.82, 2.24) is 9.97 Å². The maximum absolute atomic E-state index is 6.11. The summed E-state index contributed by atoms with van der Waals surface area (Å²) >= 11 is 6.11. The third-order valence-corrected chi connectivity index (χ3v) is 3.39. The Balaban J connectivity index is 2.31. The molecule has 2 rings (SSSR count). The van der Waals surface area contributed by atoms with E-state index < -0.39 is 0 Å². The lowest BCUT2D eigenvalue weighted by Crippen LogP contribution is -2.16. The molecule has 0 saturated carbocycles. The van der Waals surface area contributed by atoms with E-state index in [0.29, 0.717) is 11.1 Å². The smallest absolute Gasteiger partial charge is 0.137 e. The molecule has 1 aromatic carbocycles. The molecular weight excluding hydrogens is 282 g/mol. The van der Waals surface area contributed by atoms with Crippen molar-refractivity contribution in [1.29, 1.82) is 0 Å². The number of aromatic nitrogens is 2. The minimum atomic E-state index is -0.138. The Bertz CT molecular complexity index is 630. The summed E-state index contributed by atoms with van der Waals surface area (Å²) in [5.74, 6) is 1.95. The van der Waals surface area contributed by atoms with Crippen LogP contribution in [0.3, 0.4) is 0 Å². The summed E-state index contributed by atoms with van der Waals surface area (Å²) < 4.78 is 0. The number of halogens is 1. The van der Waals surface area contributed by atoms with Crippen LogP contribution in [0.2, 0.25) is 5.15 Å². The molecule has 0 unspecified atom stereocenters. The first kappa shape index (κ1) is 15.8. The second-order valence-electron chi connectivity index (χ2n) is 6.55. The van der Waals surface area contributed by atoms with Crippen molar-refractivity contribution in [2.24, 2.45) is 0 Å². The molecule has 0 atom stereocenters. The second-order valence-corrected chi connectivity index (χ2v) is 6.94. The van der Waals surface area contributed by atoms with Crippen LogP contribution >= 0.6 is 11.6 Å². The monoisotopic (exact) mass is 303 g/mol. The number of hydrogen-bond acceptors (Lipinski definition) is 3. The highest BCUT2D eigenvalue weighted by molar-refractivity contribution is 6.29. The highest BCUT2D eigenvalue weighted by Crippen LogP contribution is 2.25. The summed E-state index contributed by atoms with van der Waals surface area (Å²) in [4.78, 5) is 8.87. The minimum Gasteiger partial charge on any atom is -0.340 e. The summed E-state index contributed by atoms with van der Waals surface area (Å²) in [6.07, 6.45) is 0. The summed E-state index contributed by atoms with van der Waals surface area (Å²) in [7, 11) is 0. The van der Waals surface area contributed by atoms with E-state index in [1.54, 1.807) is 6.07 Å². The van der Waals surface area contributed by atoms with Crippen LogP contribution in [0.25, 0.3) is 0 Å². The van der Waals surface area contributed by atoms with E-state index in [2.05, 4.69) is 62.0 Å². The molecule has 1 heterocycles. The number of nitrogens with zero attached hydrogens (tertiary/aromatic N) is 2. The number of hydrogen-bond donors (Lipinski definition) is 1. The highest BCUT2D eigenvalue weighted by atomic mass is 35.5. The maximum Gasteiger partial charge on any atom is 0.137 e. The van der Waals surface area contributed by atoms with Gasteiger partial charge in [-0.15, -0.1) is 0 Å². The zero-order valence-corrected chi connectivity index (χ0v) is 14.0. The molecule has 0 saturated heterocycles. The molecule has 21 heavy (non-hydrogen) atoms. The highest BCUT2D eigenvalue weighted by Gasteiger charge is 2.18. The molecule has 112 valence electrons. The number of nitrogens with one attached hydrogen (secondary N) is 1. The Hall–Kier alpha value is -1.61. The normalized spacial score (nSPS) is 11.8. The molecule has 1 N–H and O–H groups in total. The lowest BCUT2D eigenvalue weighted by Gasteiger charge is -2.18. The fourth-order valence-corrected chi connectivity index (χ4v) is 2.12. The van der Waals surface area contributed by atoms with E-state index in [1.807, 2.05) is 12.1 Å². The van der Waals surface area contributed by atoms with Crippen LogP contribution in [0.1, 0.15) is 51.9 Å².